The Morgan fingerprint density at radius 1 is 0.476 bits per heavy atom. The molecule has 0 saturated carbocycles. The molecule has 21 heavy (non-hydrogen) atoms. The number of benzene rings is 3. The van der Waals surface area contributed by atoms with Crippen LogP contribution in [0.5, 0.6) is 0 Å². The maximum absolute atomic E-state index is 6.97. The van der Waals surface area contributed by atoms with Crippen molar-refractivity contribution in [2.45, 2.75) is 0 Å². The van der Waals surface area contributed by atoms with Crippen molar-refractivity contribution >= 4 is 23.3 Å². The van der Waals surface area contributed by atoms with Gasteiger partial charge < -0.3 is 17.0 Å². The van der Waals surface area contributed by atoms with E-state index in [0.29, 0.717) is 0 Å². The predicted octanol–water partition coefficient (Wildman–Crippen LogP) is -0.142. The Labute approximate surface area is 137 Å². The van der Waals surface area contributed by atoms with Gasteiger partial charge in [-0.3, -0.25) is 0 Å². The van der Waals surface area contributed by atoms with E-state index in [4.69, 9.17) is 5.50 Å². The molecular weight excluding hydrogens is 341 g/mol. The summed E-state index contributed by atoms with van der Waals surface area (Å²) in [6.45, 7) is 0. The fourth-order valence-electron chi connectivity index (χ4n) is 2.44. The minimum Gasteiger partial charge on any atom is -1.00 e. The van der Waals surface area contributed by atoms with Gasteiger partial charge in [0.2, 0.25) is 0 Å². The first kappa shape index (κ1) is 15.9. The standard InChI is InChI=1S/C18H17NP.BrH/c19-20(16-10-4-1-5-11-16,17-12-6-2-7-13-17)18-14-8-3-9-15-18;/h1-15H,19H2;1H/q+1;/p-1. The van der Waals surface area contributed by atoms with E-state index < -0.39 is 7.41 Å². The van der Waals surface area contributed by atoms with Gasteiger partial charge in [-0.2, -0.15) is 5.50 Å². The number of rotatable bonds is 3. The van der Waals surface area contributed by atoms with E-state index in [1.807, 2.05) is 18.2 Å². The molecule has 0 radical (unpaired) electrons. The lowest BCUT2D eigenvalue weighted by Crippen LogP contribution is -3.00. The molecule has 0 aliphatic carbocycles. The van der Waals surface area contributed by atoms with Gasteiger partial charge in [0.25, 0.3) is 0 Å². The summed E-state index contributed by atoms with van der Waals surface area (Å²) in [5, 5.41) is 3.62. The molecule has 3 aromatic rings. The largest absolute Gasteiger partial charge is 1.00 e. The zero-order valence-corrected chi connectivity index (χ0v) is 14.0. The van der Waals surface area contributed by atoms with E-state index in [0.717, 1.165) is 0 Å². The average Bonchev–Trinajstić information content (AvgIpc) is 2.56. The Hall–Kier alpha value is -1.47. The van der Waals surface area contributed by atoms with Crippen LogP contribution in [0.1, 0.15) is 0 Å². The van der Waals surface area contributed by atoms with Crippen LogP contribution < -0.4 is 38.4 Å². The predicted molar refractivity (Wildman–Crippen MR) is 89.3 cm³/mol. The van der Waals surface area contributed by atoms with E-state index in [2.05, 4.69) is 72.8 Å². The van der Waals surface area contributed by atoms with E-state index in [9.17, 15) is 0 Å². The van der Waals surface area contributed by atoms with Crippen LogP contribution in [-0.4, -0.2) is 0 Å². The maximum Gasteiger partial charge on any atom is 0.175 e. The summed E-state index contributed by atoms with van der Waals surface area (Å²) in [5.41, 5.74) is 6.97. The molecule has 3 heteroatoms. The molecule has 106 valence electrons. The third kappa shape index (κ3) is 3.08. The quantitative estimate of drug-likeness (QED) is 0.648. The Bertz CT molecular complexity index is 575. The monoisotopic (exact) mass is 357 g/mol. The van der Waals surface area contributed by atoms with Gasteiger partial charge in [-0.25, -0.2) is 0 Å². The summed E-state index contributed by atoms with van der Waals surface area (Å²) < 4.78 is 0. The van der Waals surface area contributed by atoms with E-state index in [-0.39, 0.29) is 17.0 Å². The molecule has 0 bridgehead atoms. The molecule has 0 aliphatic heterocycles. The van der Waals surface area contributed by atoms with Crippen LogP contribution in [0.15, 0.2) is 91.0 Å². The van der Waals surface area contributed by atoms with Crippen LogP contribution in [0.2, 0.25) is 0 Å². The van der Waals surface area contributed by atoms with Gasteiger partial charge in [-0.15, -0.1) is 0 Å². The van der Waals surface area contributed by atoms with Crippen molar-refractivity contribution in [2.75, 3.05) is 0 Å². The highest BCUT2D eigenvalue weighted by molar-refractivity contribution is 7.93. The summed E-state index contributed by atoms with van der Waals surface area (Å²) in [6, 6.07) is 31.2. The van der Waals surface area contributed by atoms with Gasteiger partial charge in [-0.05, 0) is 36.4 Å². The van der Waals surface area contributed by atoms with Crippen LogP contribution in [0.25, 0.3) is 0 Å². The lowest BCUT2D eigenvalue weighted by atomic mass is 10.4. The minimum absolute atomic E-state index is 0. The maximum atomic E-state index is 6.97. The molecule has 0 atom stereocenters. The SMILES string of the molecule is N[P+](c1ccccc1)(c1ccccc1)c1ccccc1.[Br-]. The second-order valence-electron chi connectivity index (χ2n) is 4.73. The molecule has 0 fully saturated rings. The normalized spacial score (nSPS) is 10.7. The summed E-state index contributed by atoms with van der Waals surface area (Å²) >= 11 is 0. The molecule has 3 aromatic carbocycles. The average molecular weight is 358 g/mol. The fraction of sp³-hybridized carbons (Fsp3) is 0. The van der Waals surface area contributed by atoms with Gasteiger partial charge in [0, 0.05) is 0 Å². The highest BCUT2D eigenvalue weighted by Gasteiger charge is 2.41. The molecule has 0 unspecified atom stereocenters. The van der Waals surface area contributed by atoms with Crippen molar-refractivity contribution in [3.63, 3.8) is 0 Å². The highest BCUT2D eigenvalue weighted by Crippen LogP contribution is 2.46. The van der Waals surface area contributed by atoms with Crippen LogP contribution >= 0.6 is 7.41 Å². The molecular formula is C18H17BrNP. The number of hydrogen-bond donors (Lipinski definition) is 1. The zero-order chi connectivity index (χ0) is 13.8. The Morgan fingerprint density at radius 3 is 0.952 bits per heavy atom. The minimum atomic E-state index is -2.03. The fourth-order valence-corrected chi connectivity index (χ4v) is 5.26. The van der Waals surface area contributed by atoms with Crippen LogP contribution in [0.3, 0.4) is 0 Å². The summed E-state index contributed by atoms with van der Waals surface area (Å²) in [7, 11) is -2.03. The molecule has 0 heterocycles. The van der Waals surface area contributed by atoms with Crippen molar-refractivity contribution in [1.29, 1.82) is 0 Å². The first-order valence-corrected chi connectivity index (χ1v) is 8.52. The van der Waals surface area contributed by atoms with Gasteiger partial charge in [0.05, 0.1) is 0 Å². The molecule has 0 spiro atoms. The van der Waals surface area contributed by atoms with E-state index >= 15 is 0 Å². The molecule has 0 amide bonds. The van der Waals surface area contributed by atoms with Crippen LogP contribution in [0, 0.1) is 0 Å². The van der Waals surface area contributed by atoms with E-state index in [1.165, 1.54) is 15.9 Å². The second kappa shape index (κ2) is 7.00. The van der Waals surface area contributed by atoms with Crippen molar-refractivity contribution in [3.8, 4) is 0 Å². The third-order valence-corrected chi connectivity index (χ3v) is 6.83. The molecule has 0 saturated heterocycles. The molecule has 0 aromatic heterocycles. The van der Waals surface area contributed by atoms with Crippen LogP contribution in [-0.2, 0) is 0 Å². The summed E-state index contributed by atoms with van der Waals surface area (Å²) in [4.78, 5) is 0. The lowest BCUT2D eigenvalue weighted by Gasteiger charge is -2.21. The third-order valence-electron chi connectivity index (χ3n) is 3.49. The lowest BCUT2D eigenvalue weighted by molar-refractivity contribution is -0.00000397. The Kier molecular flexibility index (Phi) is 5.30. The van der Waals surface area contributed by atoms with Crippen molar-refractivity contribution < 1.29 is 17.0 Å². The molecule has 1 nitrogen and oxygen atoms in total. The number of halogens is 1. The smallest absolute Gasteiger partial charge is 0.175 e. The molecule has 0 aliphatic rings. The van der Waals surface area contributed by atoms with Crippen molar-refractivity contribution in [1.82, 2.24) is 0 Å². The highest BCUT2D eigenvalue weighted by atomic mass is 79.9. The molecule has 3 rings (SSSR count). The Morgan fingerprint density at radius 2 is 0.714 bits per heavy atom. The van der Waals surface area contributed by atoms with E-state index in [1.54, 1.807) is 0 Å². The van der Waals surface area contributed by atoms with Crippen LogP contribution in [0.4, 0.5) is 0 Å². The Balaban J connectivity index is 0.00000161. The van der Waals surface area contributed by atoms with Gasteiger partial charge in [0.1, 0.15) is 15.9 Å². The van der Waals surface area contributed by atoms with Gasteiger partial charge in [-0.1, -0.05) is 54.6 Å². The first-order valence-electron chi connectivity index (χ1n) is 6.66. The van der Waals surface area contributed by atoms with Gasteiger partial charge in [0.15, 0.2) is 7.41 Å². The van der Waals surface area contributed by atoms with Crippen molar-refractivity contribution in [2.24, 2.45) is 5.50 Å². The van der Waals surface area contributed by atoms with Gasteiger partial charge >= 0.3 is 0 Å². The zero-order valence-electron chi connectivity index (χ0n) is 11.6. The second-order valence-corrected chi connectivity index (χ2v) is 7.72. The number of hydrogen-bond acceptors (Lipinski definition) is 1. The first-order chi connectivity index (χ1) is 9.82. The molecule has 2 N–H and O–H groups in total. The number of nitrogens with two attached hydrogens (primary N) is 1. The van der Waals surface area contributed by atoms with Crippen molar-refractivity contribution in [3.05, 3.63) is 91.0 Å². The summed E-state index contributed by atoms with van der Waals surface area (Å²) in [5.74, 6) is 0. The topological polar surface area (TPSA) is 26.0 Å². The summed E-state index contributed by atoms with van der Waals surface area (Å²) in [6.07, 6.45) is 0.